The van der Waals surface area contributed by atoms with E-state index in [9.17, 15) is 4.79 Å². The van der Waals surface area contributed by atoms with Crippen LogP contribution in [-0.2, 0) is 17.9 Å². The molecule has 2 aromatic heterocycles. The molecule has 1 amide bonds. The number of fused-ring (bicyclic) bond motifs is 1. The van der Waals surface area contributed by atoms with Gasteiger partial charge in [-0.2, -0.15) is 15.0 Å². The summed E-state index contributed by atoms with van der Waals surface area (Å²) in [5, 5.41) is 2.86. The Kier molecular flexibility index (Phi) is 4.97. The number of hydrogen-bond donors (Lipinski definition) is 1. The number of amides is 1. The fourth-order valence-electron chi connectivity index (χ4n) is 2.40. The summed E-state index contributed by atoms with van der Waals surface area (Å²) in [4.78, 5) is 33.3. The van der Waals surface area contributed by atoms with Gasteiger partial charge in [-0.1, -0.05) is 12.1 Å². The van der Waals surface area contributed by atoms with Crippen LogP contribution in [0.25, 0.3) is 11.0 Å². The van der Waals surface area contributed by atoms with Crippen LogP contribution in [-0.4, -0.2) is 58.6 Å². The van der Waals surface area contributed by atoms with Crippen LogP contribution >= 0.6 is 0 Å². The number of carbonyl (C=O) groups is 1. The van der Waals surface area contributed by atoms with Crippen molar-refractivity contribution >= 4 is 28.8 Å². The molecule has 3 aromatic rings. The number of benzene rings is 1. The first kappa shape index (κ1) is 17.6. The predicted octanol–water partition coefficient (Wildman–Crippen LogP) is 0.670. The second-order valence-corrected chi connectivity index (χ2v) is 6.28. The summed E-state index contributed by atoms with van der Waals surface area (Å²) < 4.78 is 1.81. The highest BCUT2D eigenvalue weighted by molar-refractivity contribution is 5.80. The molecule has 0 aliphatic rings. The van der Waals surface area contributed by atoms with E-state index in [0.717, 1.165) is 11.0 Å². The molecule has 2 heterocycles. The quantitative estimate of drug-likeness (QED) is 0.695. The van der Waals surface area contributed by atoms with Gasteiger partial charge in [0.15, 0.2) is 5.82 Å². The van der Waals surface area contributed by atoms with Gasteiger partial charge < -0.3 is 19.7 Å². The van der Waals surface area contributed by atoms with Crippen molar-refractivity contribution in [2.75, 3.05) is 38.0 Å². The number of nitrogens with one attached hydrogen (secondary N) is 1. The van der Waals surface area contributed by atoms with E-state index in [1.165, 1.54) is 0 Å². The van der Waals surface area contributed by atoms with Gasteiger partial charge >= 0.3 is 0 Å². The number of nitrogens with zero attached hydrogens (tertiary/aromatic N) is 7. The number of rotatable bonds is 6. The minimum atomic E-state index is -0.133. The molecule has 26 heavy (non-hydrogen) atoms. The van der Waals surface area contributed by atoms with Crippen LogP contribution < -0.4 is 15.1 Å². The van der Waals surface area contributed by atoms with Crippen LogP contribution in [0.2, 0.25) is 0 Å². The van der Waals surface area contributed by atoms with Crippen LogP contribution in [0.1, 0.15) is 5.82 Å². The van der Waals surface area contributed by atoms with Crippen molar-refractivity contribution in [2.24, 2.45) is 0 Å². The molecule has 0 atom stereocenters. The van der Waals surface area contributed by atoms with Crippen LogP contribution in [0.15, 0.2) is 30.6 Å². The van der Waals surface area contributed by atoms with Crippen molar-refractivity contribution in [2.45, 2.75) is 13.1 Å². The van der Waals surface area contributed by atoms with Crippen LogP contribution in [0.5, 0.6) is 0 Å². The van der Waals surface area contributed by atoms with E-state index in [0.29, 0.717) is 17.7 Å². The Morgan fingerprint density at radius 3 is 2.35 bits per heavy atom. The number of carbonyl (C=O) groups excluding carboxylic acids is 1. The Balaban J connectivity index is 1.69. The monoisotopic (exact) mass is 354 g/mol. The van der Waals surface area contributed by atoms with Crippen molar-refractivity contribution in [3.05, 3.63) is 36.4 Å². The highest BCUT2D eigenvalue weighted by Gasteiger charge is 2.12. The molecule has 0 fully saturated rings. The minimum Gasteiger partial charge on any atom is -0.347 e. The number of aromatic nitrogens is 5. The molecule has 0 radical (unpaired) electrons. The lowest BCUT2D eigenvalue weighted by Crippen LogP contribution is -2.29. The molecule has 0 aliphatic carbocycles. The second kappa shape index (κ2) is 7.34. The van der Waals surface area contributed by atoms with Crippen LogP contribution in [0.4, 0.5) is 11.9 Å². The van der Waals surface area contributed by atoms with Gasteiger partial charge in [0, 0.05) is 28.2 Å². The first-order valence-electron chi connectivity index (χ1n) is 8.20. The molecular weight excluding hydrogens is 332 g/mol. The molecule has 1 N–H and O–H groups in total. The van der Waals surface area contributed by atoms with Gasteiger partial charge in [-0.15, -0.1) is 0 Å². The van der Waals surface area contributed by atoms with Crippen molar-refractivity contribution < 1.29 is 4.79 Å². The number of hydrogen-bond acceptors (Lipinski definition) is 7. The summed E-state index contributed by atoms with van der Waals surface area (Å²) in [5.41, 5.74) is 1.79. The first-order chi connectivity index (χ1) is 12.4. The maximum atomic E-state index is 12.3. The zero-order chi connectivity index (χ0) is 18.7. The van der Waals surface area contributed by atoms with Crippen molar-refractivity contribution in [1.29, 1.82) is 0 Å². The van der Waals surface area contributed by atoms with E-state index in [1.807, 2.05) is 57.0 Å². The standard InChI is InChI=1S/C17H22N8O/c1-23(2)16-20-14(21-17(22-16)24(3)4)9-18-15(26)10-25-11-19-12-7-5-6-8-13(12)25/h5-8,11H,9-10H2,1-4H3,(H,18,26). The average molecular weight is 354 g/mol. The Morgan fingerprint density at radius 2 is 1.69 bits per heavy atom. The molecule has 136 valence electrons. The summed E-state index contributed by atoms with van der Waals surface area (Å²) in [5.74, 6) is 1.48. The van der Waals surface area contributed by atoms with E-state index >= 15 is 0 Å². The lowest BCUT2D eigenvalue weighted by Gasteiger charge is -2.16. The zero-order valence-electron chi connectivity index (χ0n) is 15.3. The van der Waals surface area contributed by atoms with Gasteiger partial charge in [-0.25, -0.2) is 4.98 Å². The normalized spacial score (nSPS) is 10.8. The number of para-hydroxylation sites is 2. The van der Waals surface area contributed by atoms with Gasteiger partial charge in [0.05, 0.1) is 23.9 Å². The highest BCUT2D eigenvalue weighted by Crippen LogP contribution is 2.12. The molecule has 0 bridgehead atoms. The predicted molar refractivity (Wildman–Crippen MR) is 100 cm³/mol. The van der Waals surface area contributed by atoms with E-state index < -0.39 is 0 Å². The molecule has 9 heteroatoms. The largest absolute Gasteiger partial charge is 0.347 e. The molecular formula is C17H22N8O. The first-order valence-corrected chi connectivity index (χ1v) is 8.20. The summed E-state index contributed by atoms with van der Waals surface area (Å²) in [6.07, 6.45) is 1.67. The minimum absolute atomic E-state index is 0.133. The maximum Gasteiger partial charge on any atom is 0.240 e. The Labute approximate surface area is 151 Å². The van der Waals surface area contributed by atoms with Gasteiger partial charge in [0.25, 0.3) is 0 Å². The van der Waals surface area contributed by atoms with E-state index in [-0.39, 0.29) is 19.0 Å². The fourth-order valence-corrected chi connectivity index (χ4v) is 2.40. The lowest BCUT2D eigenvalue weighted by atomic mass is 10.3. The molecule has 0 aliphatic heterocycles. The SMILES string of the molecule is CN(C)c1nc(CNC(=O)Cn2cnc3ccccc32)nc(N(C)C)n1. The van der Waals surface area contributed by atoms with Crippen molar-refractivity contribution in [3.63, 3.8) is 0 Å². The summed E-state index contributed by atoms with van der Waals surface area (Å²) in [7, 11) is 7.45. The highest BCUT2D eigenvalue weighted by atomic mass is 16.1. The van der Waals surface area contributed by atoms with Gasteiger partial charge in [0.2, 0.25) is 17.8 Å². The number of anilines is 2. The van der Waals surface area contributed by atoms with Crippen LogP contribution in [0.3, 0.4) is 0 Å². The van der Waals surface area contributed by atoms with E-state index in [1.54, 1.807) is 16.1 Å². The summed E-state index contributed by atoms with van der Waals surface area (Å²) in [6.45, 7) is 0.419. The third-order valence-corrected chi connectivity index (χ3v) is 3.74. The van der Waals surface area contributed by atoms with Crippen molar-refractivity contribution in [1.82, 2.24) is 29.8 Å². The van der Waals surface area contributed by atoms with Gasteiger partial charge in [-0.05, 0) is 12.1 Å². The molecule has 9 nitrogen and oxygen atoms in total. The van der Waals surface area contributed by atoms with Gasteiger partial charge in [0.1, 0.15) is 6.54 Å². The summed E-state index contributed by atoms with van der Waals surface area (Å²) in [6, 6.07) is 7.70. The molecule has 0 saturated heterocycles. The smallest absolute Gasteiger partial charge is 0.240 e. The Bertz CT molecular complexity index is 892. The van der Waals surface area contributed by atoms with Crippen molar-refractivity contribution in [3.8, 4) is 0 Å². The van der Waals surface area contributed by atoms with E-state index in [2.05, 4.69) is 25.3 Å². The summed E-state index contributed by atoms with van der Waals surface area (Å²) >= 11 is 0. The maximum absolute atomic E-state index is 12.3. The molecule has 0 unspecified atom stereocenters. The average Bonchev–Trinajstić information content (AvgIpc) is 3.02. The Hall–Kier alpha value is -3.23. The lowest BCUT2D eigenvalue weighted by molar-refractivity contribution is -0.121. The fraction of sp³-hybridized carbons (Fsp3) is 0.353. The molecule has 3 rings (SSSR count). The molecule has 0 saturated carbocycles. The Morgan fingerprint density at radius 1 is 1.04 bits per heavy atom. The third-order valence-electron chi connectivity index (χ3n) is 3.74. The third kappa shape index (κ3) is 3.88. The van der Waals surface area contributed by atoms with Crippen LogP contribution in [0, 0.1) is 0 Å². The topological polar surface area (TPSA) is 92.1 Å². The zero-order valence-corrected chi connectivity index (χ0v) is 15.3. The second-order valence-electron chi connectivity index (χ2n) is 6.28. The van der Waals surface area contributed by atoms with Gasteiger partial charge in [-0.3, -0.25) is 4.79 Å². The van der Waals surface area contributed by atoms with E-state index in [4.69, 9.17) is 0 Å². The molecule has 1 aromatic carbocycles. The number of imidazole rings is 1. The molecule has 0 spiro atoms.